The fourth-order valence-electron chi connectivity index (χ4n) is 2.81. The van der Waals surface area contributed by atoms with E-state index in [4.69, 9.17) is 5.11 Å². The van der Waals surface area contributed by atoms with Crippen LogP contribution in [0.3, 0.4) is 0 Å². The summed E-state index contributed by atoms with van der Waals surface area (Å²) in [6, 6.07) is 14.4. The highest BCUT2D eigenvalue weighted by atomic mass is 16.4. The highest BCUT2D eigenvalue weighted by Crippen LogP contribution is 2.27. The van der Waals surface area contributed by atoms with Gasteiger partial charge in [0.1, 0.15) is 24.4 Å². The van der Waals surface area contributed by atoms with E-state index in [2.05, 4.69) is 0 Å². The second-order valence-electron chi connectivity index (χ2n) is 6.34. The number of hydrogen-bond donors (Lipinski definition) is 6. The zero-order chi connectivity index (χ0) is 20.9. The molecular formula is C20H22O8. The number of Topliss-reactive ketones (excluding diaryl/α,β-unsaturated/α-hetero) is 2. The molecule has 0 heterocycles. The van der Waals surface area contributed by atoms with Crippen molar-refractivity contribution in [2.75, 3.05) is 6.61 Å². The average molecular weight is 390 g/mol. The van der Waals surface area contributed by atoms with Gasteiger partial charge in [-0.25, -0.2) is 0 Å². The molecule has 0 fully saturated rings. The van der Waals surface area contributed by atoms with Crippen LogP contribution in [0.2, 0.25) is 0 Å². The lowest BCUT2D eigenvalue weighted by molar-refractivity contribution is -0.173. The van der Waals surface area contributed by atoms with E-state index >= 15 is 0 Å². The van der Waals surface area contributed by atoms with Gasteiger partial charge in [-0.15, -0.1) is 0 Å². The molecule has 2 aromatic carbocycles. The molecule has 0 radical (unpaired) electrons. The molecule has 1 unspecified atom stereocenters. The second-order valence-corrected chi connectivity index (χ2v) is 6.34. The van der Waals surface area contributed by atoms with E-state index in [9.17, 15) is 35.1 Å². The molecule has 0 aliphatic heterocycles. The number of benzene rings is 2. The normalized spacial score (nSPS) is 17.8. The minimum Gasteiger partial charge on any atom is -0.394 e. The van der Waals surface area contributed by atoms with Gasteiger partial charge in [-0.1, -0.05) is 60.7 Å². The lowest BCUT2D eigenvalue weighted by Gasteiger charge is -2.38. The van der Waals surface area contributed by atoms with E-state index in [1.165, 1.54) is 48.5 Å². The first-order valence-electron chi connectivity index (χ1n) is 8.49. The standard InChI is InChI=1S/C20H22O8/c21-11-14(22)18(26)20(28,17(25)13-9-5-2-6-10-13)19(27)16(24)15(23)12-7-3-1-4-8-12/h1-10,14,16,18-19,21-22,24,26-28H,11H2/t14-,16?,18+,19+,20+/m0/s1. The highest BCUT2D eigenvalue weighted by Gasteiger charge is 2.55. The third kappa shape index (κ3) is 4.17. The SMILES string of the molecule is O=C(c1ccccc1)C(O)[C@@H](O)[C@@](O)(C(=O)c1ccccc1)[C@H](O)[C@@H](O)CO. The van der Waals surface area contributed by atoms with Crippen LogP contribution in [0.1, 0.15) is 20.7 Å². The zero-order valence-corrected chi connectivity index (χ0v) is 14.8. The Morgan fingerprint density at radius 1 is 0.786 bits per heavy atom. The van der Waals surface area contributed by atoms with Crippen molar-refractivity contribution in [3.05, 3.63) is 71.8 Å². The Balaban J connectivity index is 2.45. The maximum absolute atomic E-state index is 12.8. The van der Waals surface area contributed by atoms with Crippen molar-refractivity contribution in [1.29, 1.82) is 0 Å². The lowest BCUT2D eigenvalue weighted by Crippen LogP contribution is -2.66. The van der Waals surface area contributed by atoms with Crippen molar-refractivity contribution >= 4 is 11.6 Å². The zero-order valence-electron chi connectivity index (χ0n) is 14.8. The van der Waals surface area contributed by atoms with Crippen LogP contribution in [-0.4, -0.2) is 78.8 Å². The predicted octanol–water partition coefficient (Wildman–Crippen LogP) is -1.08. The predicted molar refractivity (Wildman–Crippen MR) is 97.6 cm³/mol. The van der Waals surface area contributed by atoms with Crippen LogP contribution < -0.4 is 0 Å². The summed E-state index contributed by atoms with van der Waals surface area (Å²) < 4.78 is 0. The van der Waals surface area contributed by atoms with Crippen molar-refractivity contribution in [2.24, 2.45) is 0 Å². The largest absolute Gasteiger partial charge is 0.394 e. The van der Waals surface area contributed by atoms with Crippen LogP contribution in [0, 0.1) is 0 Å². The van der Waals surface area contributed by atoms with Crippen molar-refractivity contribution in [2.45, 2.75) is 30.0 Å². The first kappa shape index (κ1) is 21.8. The first-order chi connectivity index (χ1) is 13.2. The van der Waals surface area contributed by atoms with Crippen LogP contribution in [-0.2, 0) is 0 Å². The monoisotopic (exact) mass is 390 g/mol. The van der Waals surface area contributed by atoms with Crippen LogP contribution in [0.5, 0.6) is 0 Å². The molecule has 5 atom stereocenters. The smallest absolute Gasteiger partial charge is 0.199 e. The molecule has 8 nitrogen and oxygen atoms in total. The molecule has 0 saturated heterocycles. The summed E-state index contributed by atoms with van der Waals surface area (Å²) in [5, 5.41) is 60.8. The van der Waals surface area contributed by atoms with Crippen LogP contribution in [0.4, 0.5) is 0 Å². The number of carbonyl (C=O) groups is 2. The van der Waals surface area contributed by atoms with Gasteiger partial charge in [-0.05, 0) is 0 Å². The van der Waals surface area contributed by atoms with E-state index < -0.39 is 48.2 Å². The average Bonchev–Trinajstić information content (AvgIpc) is 2.76. The van der Waals surface area contributed by atoms with E-state index in [-0.39, 0.29) is 11.1 Å². The van der Waals surface area contributed by atoms with Gasteiger partial charge >= 0.3 is 0 Å². The Morgan fingerprint density at radius 2 is 1.25 bits per heavy atom. The van der Waals surface area contributed by atoms with Gasteiger partial charge in [0.25, 0.3) is 0 Å². The highest BCUT2D eigenvalue weighted by molar-refractivity contribution is 6.05. The van der Waals surface area contributed by atoms with Gasteiger partial charge in [-0.3, -0.25) is 9.59 Å². The Bertz CT molecular complexity index is 794. The summed E-state index contributed by atoms with van der Waals surface area (Å²) in [7, 11) is 0. The second kappa shape index (κ2) is 9.16. The molecule has 2 aromatic rings. The van der Waals surface area contributed by atoms with Gasteiger partial charge in [0.05, 0.1) is 6.61 Å². The molecule has 0 aliphatic rings. The number of rotatable bonds is 9. The van der Waals surface area contributed by atoms with Crippen LogP contribution in [0.25, 0.3) is 0 Å². The van der Waals surface area contributed by atoms with Crippen molar-refractivity contribution < 1.29 is 40.2 Å². The lowest BCUT2D eigenvalue weighted by atomic mass is 9.77. The molecule has 0 saturated carbocycles. The van der Waals surface area contributed by atoms with Gasteiger partial charge in [0.15, 0.2) is 17.2 Å². The Hall–Kier alpha value is -2.46. The molecule has 0 bridgehead atoms. The molecule has 28 heavy (non-hydrogen) atoms. The number of hydrogen-bond acceptors (Lipinski definition) is 8. The van der Waals surface area contributed by atoms with E-state index in [1.807, 2.05) is 0 Å². The molecule has 150 valence electrons. The molecule has 0 amide bonds. The number of aliphatic hydroxyl groups is 6. The summed E-state index contributed by atoms with van der Waals surface area (Å²) in [5.41, 5.74) is -3.32. The van der Waals surface area contributed by atoms with Crippen molar-refractivity contribution in [1.82, 2.24) is 0 Å². The molecule has 0 aromatic heterocycles. The van der Waals surface area contributed by atoms with E-state index in [0.29, 0.717) is 0 Å². The Morgan fingerprint density at radius 3 is 1.71 bits per heavy atom. The maximum Gasteiger partial charge on any atom is 0.199 e. The number of ketones is 2. The number of carbonyl (C=O) groups excluding carboxylic acids is 2. The fourth-order valence-corrected chi connectivity index (χ4v) is 2.81. The molecule has 2 rings (SSSR count). The third-order valence-corrected chi connectivity index (χ3v) is 4.48. The Kier molecular flexibility index (Phi) is 7.14. The number of aliphatic hydroxyl groups excluding tert-OH is 5. The third-order valence-electron chi connectivity index (χ3n) is 4.48. The molecule has 0 aliphatic carbocycles. The summed E-state index contributed by atoms with van der Waals surface area (Å²) in [4.78, 5) is 25.3. The van der Waals surface area contributed by atoms with E-state index in [1.54, 1.807) is 12.1 Å². The van der Waals surface area contributed by atoms with Crippen LogP contribution in [0.15, 0.2) is 60.7 Å². The Labute approximate surface area is 160 Å². The topological polar surface area (TPSA) is 156 Å². The fraction of sp³-hybridized carbons (Fsp3) is 0.300. The minimum absolute atomic E-state index is 0.000701. The summed E-state index contributed by atoms with van der Waals surface area (Å²) >= 11 is 0. The van der Waals surface area contributed by atoms with Crippen molar-refractivity contribution in [3.63, 3.8) is 0 Å². The summed E-state index contributed by atoms with van der Waals surface area (Å²) in [6.07, 6.45) is -9.20. The first-order valence-corrected chi connectivity index (χ1v) is 8.49. The summed E-state index contributed by atoms with van der Waals surface area (Å²) in [5.74, 6) is -2.24. The maximum atomic E-state index is 12.8. The van der Waals surface area contributed by atoms with Gasteiger partial charge < -0.3 is 30.6 Å². The van der Waals surface area contributed by atoms with E-state index in [0.717, 1.165) is 0 Å². The quantitative estimate of drug-likeness (QED) is 0.295. The minimum atomic E-state index is -3.17. The van der Waals surface area contributed by atoms with Gasteiger partial charge in [-0.2, -0.15) is 0 Å². The molecular weight excluding hydrogens is 368 g/mol. The van der Waals surface area contributed by atoms with Crippen LogP contribution >= 0.6 is 0 Å². The van der Waals surface area contributed by atoms with Crippen molar-refractivity contribution in [3.8, 4) is 0 Å². The van der Waals surface area contributed by atoms with Gasteiger partial charge in [0.2, 0.25) is 0 Å². The molecule has 6 N–H and O–H groups in total. The molecule has 8 heteroatoms. The molecule has 0 spiro atoms. The summed E-state index contributed by atoms with van der Waals surface area (Å²) in [6.45, 7) is -1.04. The van der Waals surface area contributed by atoms with Gasteiger partial charge in [0, 0.05) is 11.1 Å².